The van der Waals surface area contributed by atoms with Crippen molar-refractivity contribution in [2.45, 2.75) is 71.1 Å². The van der Waals surface area contributed by atoms with E-state index in [9.17, 15) is 24.0 Å². The van der Waals surface area contributed by atoms with Gasteiger partial charge in [-0.05, 0) is 135 Å². The molecule has 0 amide bonds. The fraction of sp³-hybridized carbons (Fsp3) is 0.312. The molecule has 0 fully saturated rings. The quantitative estimate of drug-likeness (QED) is 0.0257. The van der Waals surface area contributed by atoms with E-state index in [0.29, 0.717) is 67.0 Å². The molecule has 0 saturated carbocycles. The van der Waals surface area contributed by atoms with Crippen LogP contribution in [0, 0.1) is 0 Å². The second-order valence-corrected chi connectivity index (χ2v) is 13.6. The number of benzene rings is 4. The van der Waals surface area contributed by atoms with Gasteiger partial charge in [0.15, 0.2) is 11.5 Å². The maximum atomic E-state index is 13.5. The normalized spacial score (nSPS) is 10.6. The Kier molecular flexibility index (Phi) is 19.1. The van der Waals surface area contributed by atoms with Crippen LogP contribution < -0.4 is 23.7 Å². The summed E-state index contributed by atoms with van der Waals surface area (Å²) >= 11 is 0. The molecule has 0 radical (unpaired) electrons. The smallest absolute Gasteiger partial charge is 0.343 e. The van der Waals surface area contributed by atoms with Crippen LogP contribution in [0.15, 0.2) is 111 Å². The molecule has 0 atom stereocenters. The zero-order valence-electron chi connectivity index (χ0n) is 34.1. The van der Waals surface area contributed by atoms with Crippen LogP contribution in [-0.2, 0) is 30.3 Å². The lowest BCUT2D eigenvalue weighted by atomic mass is 10.1. The van der Waals surface area contributed by atoms with Crippen molar-refractivity contribution in [1.82, 2.24) is 0 Å². The number of unbranched alkanes of at least 4 members (excludes halogenated alkanes) is 6. The lowest BCUT2D eigenvalue weighted by molar-refractivity contribution is -0.138. The number of hydrogen-bond donors (Lipinski definition) is 0. The monoisotopic (exact) mass is 820 g/mol. The van der Waals surface area contributed by atoms with Crippen molar-refractivity contribution >= 4 is 40.6 Å². The third-order valence-electron chi connectivity index (χ3n) is 8.99. The molecule has 316 valence electrons. The zero-order valence-corrected chi connectivity index (χ0v) is 34.1. The molecule has 0 unspecified atom stereocenters. The van der Waals surface area contributed by atoms with Gasteiger partial charge < -0.3 is 33.2 Å². The van der Waals surface area contributed by atoms with E-state index in [0.717, 1.165) is 86.8 Å². The van der Waals surface area contributed by atoms with Crippen molar-refractivity contribution < 1.29 is 57.1 Å². The van der Waals surface area contributed by atoms with E-state index in [1.807, 2.05) is 6.92 Å². The molecule has 4 rings (SSSR count). The Morgan fingerprint density at radius 1 is 0.483 bits per heavy atom. The Bertz CT molecular complexity index is 2140. The molecule has 0 aliphatic carbocycles. The van der Waals surface area contributed by atoms with Crippen LogP contribution in [-0.4, -0.2) is 56.3 Å². The van der Waals surface area contributed by atoms with E-state index in [4.69, 9.17) is 33.2 Å². The highest BCUT2D eigenvalue weighted by Gasteiger charge is 2.18. The molecule has 0 aliphatic heterocycles. The average molecular weight is 821 g/mol. The molecule has 12 heteroatoms. The fourth-order valence-electron chi connectivity index (χ4n) is 5.89. The molecule has 4 aromatic carbocycles. The first kappa shape index (κ1) is 46.0. The molecule has 0 heterocycles. The van der Waals surface area contributed by atoms with Gasteiger partial charge in [-0.1, -0.05) is 45.2 Å². The molecule has 0 aliphatic rings. The number of rotatable bonds is 26. The number of carbonyl (C=O) groups excluding carboxylic acids is 5. The topological polar surface area (TPSA) is 150 Å². The van der Waals surface area contributed by atoms with Gasteiger partial charge in [0.25, 0.3) is 0 Å². The zero-order chi connectivity index (χ0) is 43.1. The summed E-state index contributed by atoms with van der Waals surface area (Å²) in [6.45, 7) is 13.6. The van der Waals surface area contributed by atoms with Crippen molar-refractivity contribution in [2.75, 3.05) is 26.4 Å². The number of fused-ring (bicyclic) bond motifs is 1. The van der Waals surface area contributed by atoms with Crippen molar-refractivity contribution in [1.29, 1.82) is 0 Å². The Morgan fingerprint density at radius 2 is 0.983 bits per heavy atom. The van der Waals surface area contributed by atoms with Gasteiger partial charge in [-0.25, -0.2) is 24.0 Å². The first-order valence-corrected chi connectivity index (χ1v) is 20.1. The fourth-order valence-corrected chi connectivity index (χ4v) is 5.89. The van der Waals surface area contributed by atoms with Gasteiger partial charge in [0.05, 0.1) is 37.6 Å². The van der Waals surface area contributed by atoms with E-state index in [-0.39, 0.29) is 11.3 Å². The van der Waals surface area contributed by atoms with Crippen LogP contribution in [0.25, 0.3) is 10.8 Å². The minimum Gasteiger partial charge on any atom is -0.490 e. The van der Waals surface area contributed by atoms with Gasteiger partial charge in [-0.2, -0.15) is 0 Å². The summed E-state index contributed by atoms with van der Waals surface area (Å²) in [6.07, 6.45) is 11.0. The van der Waals surface area contributed by atoms with Gasteiger partial charge in [-0.3, -0.25) is 0 Å². The summed E-state index contributed by atoms with van der Waals surface area (Å²) < 4.78 is 39.0. The predicted molar refractivity (Wildman–Crippen MR) is 227 cm³/mol. The molecular formula is C48H52O12. The first-order valence-electron chi connectivity index (χ1n) is 20.1. The molecule has 0 bridgehead atoms. The van der Waals surface area contributed by atoms with E-state index < -0.39 is 29.8 Å². The minimum atomic E-state index is -0.608. The maximum Gasteiger partial charge on any atom is 0.343 e. The van der Waals surface area contributed by atoms with Crippen molar-refractivity contribution in [3.8, 4) is 28.7 Å². The third-order valence-corrected chi connectivity index (χ3v) is 8.99. The predicted octanol–water partition coefficient (Wildman–Crippen LogP) is 9.66. The molecule has 0 spiro atoms. The van der Waals surface area contributed by atoms with E-state index in [1.54, 1.807) is 72.8 Å². The first-order chi connectivity index (χ1) is 29.1. The molecule has 0 aromatic heterocycles. The second kappa shape index (κ2) is 24.9. The number of esters is 5. The van der Waals surface area contributed by atoms with E-state index >= 15 is 0 Å². The van der Waals surface area contributed by atoms with Gasteiger partial charge in [0.1, 0.15) is 17.2 Å². The van der Waals surface area contributed by atoms with Crippen molar-refractivity contribution in [3.63, 3.8) is 0 Å². The number of hydrogen-bond acceptors (Lipinski definition) is 12. The van der Waals surface area contributed by atoms with E-state index in [1.165, 1.54) is 0 Å². The van der Waals surface area contributed by atoms with Crippen LogP contribution in [0.1, 0.15) is 91.0 Å². The van der Waals surface area contributed by atoms with Crippen molar-refractivity contribution in [3.05, 3.63) is 127 Å². The summed E-state index contributed by atoms with van der Waals surface area (Å²) in [5, 5.41) is 1.52. The van der Waals surface area contributed by atoms with E-state index in [2.05, 4.69) is 19.7 Å². The molecule has 0 saturated heterocycles. The second-order valence-electron chi connectivity index (χ2n) is 13.6. The number of ether oxygens (including phenoxy) is 7. The summed E-state index contributed by atoms with van der Waals surface area (Å²) in [7, 11) is 0. The van der Waals surface area contributed by atoms with Crippen LogP contribution in [0.2, 0.25) is 0 Å². The SMILES string of the molecule is C=CC(=O)OCCCCCCOc1ccc(C(=O)Oc2ccc(OC(=O)c3ccc4cc(OC(=O)C=C)ccc4c3)c(CCC)c2)cc1OCCCCCCOC(=O)C=C. The average Bonchev–Trinajstić information content (AvgIpc) is 3.26. The summed E-state index contributed by atoms with van der Waals surface area (Å²) in [6, 6.07) is 19.9. The standard InChI is InChI=1S/C48H52O12/c1-5-17-36-32-40(23-25-41(36)60-48(53)37-19-18-35-31-39(58-46(51)8-4)22-20-34(35)30-37)59-47(52)38-21-24-42(54-26-13-9-11-15-28-56-44(49)6-2)43(33-38)55-27-14-10-12-16-29-57-45(50)7-3/h6-8,18-25,30-33H,2-5,9-17,26-29H2,1H3. The Hall–Kier alpha value is -6.69. The highest BCUT2D eigenvalue weighted by molar-refractivity contribution is 5.97. The third kappa shape index (κ3) is 15.2. The Morgan fingerprint density at radius 3 is 1.62 bits per heavy atom. The Balaban J connectivity index is 1.39. The summed E-state index contributed by atoms with van der Waals surface area (Å²) in [5.41, 5.74) is 1.28. The van der Waals surface area contributed by atoms with Crippen LogP contribution in [0.3, 0.4) is 0 Å². The van der Waals surface area contributed by atoms with Gasteiger partial charge in [-0.15, -0.1) is 0 Å². The molecule has 0 N–H and O–H groups in total. The number of carbonyl (C=O) groups is 5. The number of aryl methyl sites for hydroxylation is 1. The van der Waals surface area contributed by atoms with Crippen LogP contribution in [0.4, 0.5) is 0 Å². The van der Waals surface area contributed by atoms with Gasteiger partial charge >= 0.3 is 29.8 Å². The molecule has 4 aromatic rings. The summed E-state index contributed by atoms with van der Waals surface area (Å²) in [5.74, 6) is -0.728. The van der Waals surface area contributed by atoms with Crippen LogP contribution >= 0.6 is 0 Å². The van der Waals surface area contributed by atoms with Crippen LogP contribution in [0.5, 0.6) is 28.7 Å². The largest absolute Gasteiger partial charge is 0.490 e. The minimum absolute atomic E-state index is 0.255. The Labute approximate surface area is 350 Å². The summed E-state index contributed by atoms with van der Waals surface area (Å²) in [4.78, 5) is 60.8. The van der Waals surface area contributed by atoms with Gasteiger partial charge in [0, 0.05) is 18.2 Å². The molecule has 12 nitrogen and oxygen atoms in total. The lowest BCUT2D eigenvalue weighted by Gasteiger charge is -2.15. The maximum absolute atomic E-state index is 13.5. The van der Waals surface area contributed by atoms with Gasteiger partial charge in [0.2, 0.25) is 0 Å². The molecule has 60 heavy (non-hydrogen) atoms. The highest BCUT2D eigenvalue weighted by atomic mass is 16.6. The van der Waals surface area contributed by atoms with Crippen molar-refractivity contribution in [2.24, 2.45) is 0 Å². The lowest BCUT2D eigenvalue weighted by Crippen LogP contribution is -2.12. The highest BCUT2D eigenvalue weighted by Crippen LogP contribution is 2.32. The molecular weight excluding hydrogens is 769 g/mol.